The van der Waals surface area contributed by atoms with Gasteiger partial charge >= 0.3 is 5.97 Å². The maximum atomic E-state index is 11.5. The van der Waals surface area contributed by atoms with Crippen LogP contribution in [0.1, 0.15) is 16.1 Å². The molecule has 0 unspecified atom stereocenters. The number of esters is 1. The molecule has 0 atom stereocenters. The number of benzene rings is 1. The summed E-state index contributed by atoms with van der Waals surface area (Å²) < 4.78 is 4.64. The fourth-order valence-electron chi connectivity index (χ4n) is 1.91. The Labute approximate surface area is 123 Å². The Morgan fingerprint density at radius 1 is 1.29 bits per heavy atom. The first-order valence-corrected chi connectivity index (χ1v) is 6.54. The number of hydrogen-bond donors (Lipinski definition) is 1. The third-order valence-corrected chi connectivity index (χ3v) is 2.93. The van der Waals surface area contributed by atoms with Gasteiger partial charge < -0.3 is 14.7 Å². The molecule has 0 saturated heterocycles. The van der Waals surface area contributed by atoms with Crippen molar-refractivity contribution in [1.29, 1.82) is 0 Å². The highest BCUT2D eigenvalue weighted by Gasteiger charge is 2.13. The minimum Gasteiger partial charge on any atom is -0.464 e. The molecule has 2 aromatic rings. The number of ether oxygens (including phenoxy) is 1. The van der Waals surface area contributed by atoms with Crippen LogP contribution in [0.15, 0.2) is 42.7 Å². The lowest BCUT2D eigenvalue weighted by Gasteiger charge is -2.22. The molecule has 0 spiro atoms. The summed E-state index contributed by atoms with van der Waals surface area (Å²) in [6.45, 7) is 0.950. The highest BCUT2D eigenvalue weighted by molar-refractivity contribution is 5.87. The van der Waals surface area contributed by atoms with Gasteiger partial charge in [-0.3, -0.25) is 4.98 Å². The van der Waals surface area contributed by atoms with E-state index in [9.17, 15) is 9.90 Å². The topological polar surface area (TPSA) is 75.5 Å². The van der Waals surface area contributed by atoms with Crippen LogP contribution in [-0.4, -0.2) is 41.3 Å². The van der Waals surface area contributed by atoms with Crippen molar-refractivity contribution >= 4 is 11.8 Å². The Morgan fingerprint density at radius 2 is 2.05 bits per heavy atom. The van der Waals surface area contributed by atoms with Gasteiger partial charge in [0.1, 0.15) is 5.82 Å². The third kappa shape index (κ3) is 4.00. The third-order valence-electron chi connectivity index (χ3n) is 2.93. The second-order valence-electron chi connectivity index (χ2n) is 4.38. The molecule has 0 bridgehead atoms. The van der Waals surface area contributed by atoms with E-state index in [-0.39, 0.29) is 12.3 Å². The van der Waals surface area contributed by atoms with Crippen LogP contribution in [0.2, 0.25) is 0 Å². The van der Waals surface area contributed by atoms with E-state index < -0.39 is 5.97 Å². The largest absolute Gasteiger partial charge is 0.464 e. The Hall–Kier alpha value is -2.47. The SMILES string of the molecule is COC(=O)c1cncc(N(CCO)Cc2ccccc2)n1. The fraction of sp³-hybridized carbons (Fsp3) is 0.267. The lowest BCUT2D eigenvalue weighted by Crippen LogP contribution is -2.27. The van der Waals surface area contributed by atoms with E-state index in [4.69, 9.17) is 0 Å². The monoisotopic (exact) mass is 287 g/mol. The summed E-state index contributed by atoms with van der Waals surface area (Å²) in [5, 5.41) is 9.22. The van der Waals surface area contributed by atoms with Crippen molar-refractivity contribution in [3.63, 3.8) is 0 Å². The smallest absolute Gasteiger partial charge is 0.358 e. The summed E-state index contributed by atoms with van der Waals surface area (Å²) in [4.78, 5) is 21.6. The lowest BCUT2D eigenvalue weighted by atomic mass is 10.2. The van der Waals surface area contributed by atoms with Crippen LogP contribution in [0.4, 0.5) is 5.82 Å². The van der Waals surface area contributed by atoms with Crippen LogP contribution in [0.3, 0.4) is 0 Å². The number of aliphatic hydroxyl groups excluding tert-OH is 1. The normalized spacial score (nSPS) is 10.2. The summed E-state index contributed by atoms with van der Waals surface area (Å²) in [6, 6.07) is 9.81. The number of hydrogen-bond acceptors (Lipinski definition) is 6. The molecule has 2 rings (SSSR count). The molecular formula is C15H17N3O3. The molecule has 0 saturated carbocycles. The minimum absolute atomic E-state index is 0.0169. The molecular weight excluding hydrogens is 270 g/mol. The lowest BCUT2D eigenvalue weighted by molar-refractivity contribution is 0.0593. The van der Waals surface area contributed by atoms with Crippen LogP contribution in [0.5, 0.6) is 0 Å². The number of nitrogens with zero attached hydrogens (tertiary/aromatic N) is 3. The van der Waals surface area contributed by atoms with Gasteiger partial charge in [0.05, 0.1) is 26.1 Å². The predicted molar refractivity (Wildman–Crippen MR) is 77.9 cm³/mol. The molecule has 0 fully saturated rings. The molecule has 110 valence electrons. The first kappa shape index (κ1) is 14.9. The van der Waals surface area contributed by atoms with Crippen molar-refractivity contribution in [1.82, 2.24) is 9.97 Å². The van der Waals surface area contributed by atoms with Crippen LogP contribution in [0, 0.1) is 0 Å². The number of rotatable bonds is 6. The molecule has 0 aliphatic heterocycles. The van der Waals surface area contributed by atoms with Crippen molar-refractivity contribution in [3.8, 4) is 0 Å². The Balaban J connectivity index is 2.23. The highest BCUT2D eigenvalue weighted by atomic mass is 16.5. The van der Waals surface area contributed by atoms with E-state index in [1.165, 1.54) is 13.3 Å². The molecule has 1 aromatic heterocycles. The molecule has 0 aliphatic rings. The quantitative estimate of drug-likeness (QED) is 0.806. The average Bonchev–Trinajstić information content (AvgIpc) is 2.55. The van der Waals surface area contributed by atoms with Gasteiger partial charge in [0, 0.05) is 13.1 Å². The van der Waals surface area contributed by atoms with E-state index in [1.54, 1.807) is 6.20 Å². The first-order chi connectivity index (χ1) is 10.2. The zero-order chi connectivity index (χ0) is 15.1. The summed E-state index contributed by atoms with van der Waals surface area (Å²) in [7, 11) is 1.30. The number of aromatic nitrogens is 2. The van der Waals surface area contributed by atoms with Crippen molar-refractivity contribution in [2.45, 2.75) is 6.54 Å². The molecule has 0 amide bonds. The average molecular weight is 287 g/mol. The molecule has 1 N–H and O–H groups in total. The van der Waals surface area contributed by atoms with E-state index in [0.717, 1.165) is 5.56 Å². The first-order valence-electron chi connectivity index (χ1n) is 6.54. The van der Waals surface area contributed by atoms with E-state index in [0.29, 0.717) is 18.9 Å². The standard InChI is InChI=1S/C15H17N3O3/c1-21-15(20)13-9-16-10-14(17-13)18(7-8-19)11-12-5-3-2-4-6-12/h2-6,9-10,19H,7-8,11H2,1H3. The van der Waals surface area contributed by atoms with Gasteiger partial charge in [0.2, 0.25) is 0 Å². The second kappa shape index (κ2) is 7.35. The Bertz CT molecular complexity index is 590. The summed E-state index contributed by atoms with van der Waals surface area (Å²) >= 11 is 0. The summed E-state index contributed by atoms with van der Waals surface area (Å²) in [6.07, 6.45) is 2.92. The maximum absolute atomic E-state index is 11.5. The maximum Gasteiger partial charge on any atom is 0.358 e. The van der Waals surface area contributed by atoms with Gasteiger partial charge in [0.15, 0.2) is 5.69 Å². The molecule has 6 heteroatoms. The number of methoxy groups -OCH3 is 1. The van der Waals surface area contributed by atoms with Crippen molar-refractivity contribution in [2.75, 3.05) is 25.2 Å². The van der Waals surface area contributed by atoms with Crippen molar-refractivity contribution < 1.29 is 14.6 Å². The predicted octanol–water partition coefficient (Wildman–Crippen LogP) is 1.26. The van der Waals surface area contributed by atoms with Gasteiger partial charge in [-0.15, -0.1) is 0 Å². The van der Waals surface area contributed by atoms with Crippen LogP contribution < -0.4 is 4.90 Å². The molecule has 0 radical (unpaired) electrons. The van der Waals surface area contributed by atoms with Crippen molar-refractivity contribution in [3.05, 3.63) is 54.0 Å². The van der Waals surface area contributed by atoms with Gasteiger partial charge in [-0.05, 0) is 5.56 Å². The van der Waals surface area contributed by atoms with Crippen LogP contribution >= 0.6 is 0 Å². The van der Waals surface area contributed by atoms with Crippen LogP contribution in [0.25, 0.3) is 0 Å². The molecule has 1 aromatic carbocycles. The van der Waals surface area contributed by atoms with Gasteiger partial charge in [0.25, 0.3) is 0 Å². The molecule has 21 heavy (non-hydrogen) atoms. The van der Waals surface area contributed by atoms with Gasteiger partial charge in [-0.2, -0.15) is 0 Å². The number of carbonyl (C=O) groups is 1. The summed E-state index contributed by atoms with van der Waals surface area (Å²) in [5.74, 6) is -0.0104. The van der Waals surface area contributed by atoms with E-state index in [2.05, 4.69) is 14.7 Å². The van der Waals surface area contributed by atoms with Gasteiger partial charge in [-0.1, -0.05) is 30.3 Å². The van der Waals surface area contributed by atoms with E-state index >= 15 is 0 Å². The number of aliphatic hydroxyl groups is 1. The number of carbonyl (C=O) groups excluding carboxylic acids is 1. The second-order valence-corrected chi connectivity index (χ2v) is 4.38. The van der Waals surface area contributed by atoms with Crippen molar-refractivity contribution in [2.24, 2.45) is 0 Å². The zero-order valence-electron chi connectivity index (χ0n) is 11.8. The van der Waals surface area contributed by atoms with E-state index in [1.807, 2.05) is 35.2 Å². The Morgan fingerprint density at radius 3 is 2.71 bits per heavy atom. The Kier molecular flexibility index (Phi) is 5.22. The zero-order valence-corrected chi connectivity index (χ0v) is 11.8. The molecule has 0 aliphatic carbocycles. The highest BCUT2D eigenvalue weighted by Crippen LogP contribution is 2.14. The minimum atomic E-state index is -0.534. The van der Waals surface area contributed by atoms with Crippen LogP contribution in [-0.2, 0) is 11.3 Å². The molecule has 1 heterocycles. The summed E-state index contributed by atoms with van der Waals surface area (Å²) in [5.41, 5.74) is 1.22. The number of anilines is 1. The van der Waals surface area contributed by atoms with Gasteiger partial charge in [-0.25, -0.2) is 9.78 Å². The fourth-order valence-corrected chi connectivity index (χ4v) is 1.91. The molecule has 6 nitrogen and oxygen atoms in total.